The molecule has 2 aromatic carbocycles. The fourth-order valence-corrected chi connectivity index (χ4v) is 3.16. The number of para-hydroxylation sites is 1. The van der Waals surface area contributed by atoms with Crippen LogP contribution in [0.3, 0.4) is 0 Å². The standard InChI is InChI=1S/C19H20N6O/c26-19-10-5-11-24(19)17-9-4-6-15(12-17)13-20-14-18-21-22-23-25(18)16-7-2-1-3-8-16/h1-4,6-9,12,20H,5,10-11,13-14H2. The van der Waals surface area contributed by atoms with Crippen molar-refractivity contribution in [3.05, 3.63) is 66.0 Å². The van der Waals surface area contributed by atoms with Crippen LogP contribution in [0.15, 0.2) is 54.6 Å². The molecule has 0 bridgehead atoms. The molecule has 2 heterocycles. The van der Waals surface area contributed by atoms with Crippen molar-refractivity contribution in [1.82, 2.24) is 25.5 Å². The molecule has 1 aromatic heterocycles. The summed E-state index contributed by atoms with van der Waals surface area (Å²) in [6, 6.07) is 17.9. The number of tetrazole rings is 1. The molecule has 7 nitrogen and oxygen atoms in total. The minimum atomic E-state index is 0.206. The third kappa shape index (κ3) is 3.48. The number of carbonyl (C=O) groups is 1. The van der Waals surface area contributed by atoms with Gasteiger partial charge in [-0.05, 0) is 46.7 Å². The van der Waals surface area contributed by atoms with E-state index in [-0.39, 0.29) is 5.91 Å². The molecular formula is C19H20N6O. The summed E-state index contributed by atoms with van der Waals surface area (Å²) in [6.07, 6.45) is 1.58. The van der Waals surface area contributed by atoms with E-state index in [1.807, 2.05) is 47.4 Å². The lowest BCUT2D eigenvalue weighted by Crippen LogP contribution is -2.24. The highest BCUT2D eigenvalue weighted by Crippen LogP contribution is 2.22. The number of rotatable bonds is 6. The summed E-state index contributed by atoms with van der Waals surface area (Å²) in [7, 11) is 0. The summed E-state index contributed by atoms with van der Waals surface area (Å²) in [5, 5.41) is 15.3. The Morgan fingerprint density at radius 3 is 2.65 bits per heavy atom. The van der Waals surface area contributed by atoms with Gasteiger partial charge in [-0.15, -0.1) is 5.10 Å². The highest BCUT2D eigenvalue weighted by Gasteiger charge is 2.21. The van der Waals surface area contributed by atoms with E-state index in [4.69, 9.17) is 0 Å². The van der Waals surface area contributed by atoms with Crippen LogP contribution in [-0.2, 0) is 17.9 Å². The molecule has 3 aromatic rings. The molecule has 7 heteroatoms. The van der Waals surface area contributed by atoms with Gasteiger partial charge in [-0.25, -0.2) is 0 Å². The second-order valence-electron chi connectivity index (χ2n) is 6.26. The Hall–Kier alpha value is -3.06. The molecule has 0 aliphatic carbocycles. The second-order valence-corrected chi connectivity index (χ2v) is 6.26. The number of benzene rings is 2. The number of aromatic nitrogens is 4. The van der Waals surface area contributed by atoms with Crippen LogP contribution in [0.25, 0.3) is 5.69 Å². The summed E-state index contributed by atoms with van der Waals surface area (Å²) in [6.45, 7) is 2.04. The zero-order valence-corrected chi connectivity index (χ0v) is 14.4. The van der Waals surface area contributed by atoms with E-state index in [1.54, 1.807) is 4.68 Å². The average Bonchev–Trinajstić information content (AvgIpc) is 3.32. The number of hydrogen-bond donors (Lipinski definition) is 1. The van der Waals surface area contributed by atoms with E-state index in [2.05, 4.69) is 33.0 Å². The van der Waals surface area contributed by atoms with Gasteiger partial charge < -0.3 is 10.2 Å². The summed E-state index contributed by atoms with van der Waals surface area (Å²) in [5.41, 5.74) is 3.03. The van der Waals surface area contributed by atoms with Gasteiger partial charge in [0.2, 0.25) is 5.91 Å². The van der Waals surface area contributed by atoms with Crippen molar-refractivity contribution >= 4 is 11.6 Å². The van der Waals surface area contributed by atoms with Crippen LogP contribution in [0, 0.1) is 0 Å². The average molecular weight is 348 g/mol. The Morgan fingerprint density at radius 1 is 1.00 bits per heavy atom. The van der Waals surface area contributed by atoms with Crippen LogP contribution in [0.2, 0.25) is 0 Å². The van der Waals surface area contributed by atoms with Crippen LogP contribution in [0.4, 0.5) is 5.69 Å². The molecule has 1 saturated heterocycles. The fourth-order valence-electron chi connectivity index (χ4n) is 3.16. The van der Waals surface area contributed by atoms with E-state index in [0.29, 0.717) is 19.5 Å². The van der Waals surface area contributed by atoms with Gasteiger partial charge >= 0.3 is 0 Å². The molecule has 0 atom stereocenters. The third-order valence-corrected chi connectivity index (χ3v) is 4.44. The molecule has 0 radical (unpaired) electrons. The highest BCUT2D eigenvalue weighted by molar-refractivity contribution is 5.95. The number of amides is 1. The molecule has 26 heavy (non-hydrogen) atoms. The maximum absolute atomic E-state index is 11.9. The molecule has 1 N–H and O–H groups in total. The first-order valence-corrected chi connectivity index (χ1v) is 8.74. The summed E-state index contributed by atoms with van der Waals surface area (Å²) in [4.78, 5) is 13.8. The van der Waals surface area contributed by atoms with Gasteiger partial charge in [0.15, 0.2) is 5.82 Å². The number of anilines is 1. The first kappa shape index (κ1) is 16.4. The molecule has 4 rings (SSSR count). The van der Waals surface area contributed by atoms with E-state index >= 15 is 0 Å². The Morgan fingerprint density at radius 2 is 1.85 bits per heavy atom. The lowest BCUT2D eigenvalue weighted by Gasteiger charge is -2.16. The second kappa shape index (κ2) is 7.45. The van der Waals surface area contributed by atoms with Crippen molar-refractivity contribution in [3.63, 3.8) is 0 Å². The maximum atomic E-state index is 11.9. The van der Waals surface area contributed by atoms with E-state index < -0.39 is 0 Å². The highest BCUT2D eigenvalue weighted by atomic mass is 16.2. The van der Waals surface area contributed by atoms with Crippen molar-refractivity contribution in [2.24, 2.45) is 0 Å². The Bertz CT molecular complexity index is 892. The van der Waals surface area contributed by atoms with Crippen LogP contribution >= 0.6 is 0 Å². The van der Waals surface area contributed by atoms with Crippen LogP contribution in [-0.4, -0.2) is 32.7 Å². The smallest absolute Gasteiger partial charge is 0.227 e. The van der Waals surface area contributed by atoms with Crippen LogP contribution in [0.5, 0.6) is 0 Å². The Balaban J connectivity index is 1.40. The topological polar surface area (TPSA) is 75.9 Å². The summed E-state index contributed by atoms with van der Waals surface area (Å²) >= 11 is 0. The monoisotopic (exact) mass is 348 g/mol. The maximum Gasteiger partial charge on any atom is 0.227 e. The summed E-state index contributed by atoms with van der Waals surface area (Å²) < 4.78 is 1.73. The quantitative estimate of drug-likeness (QED) is 0.738. The molecule has 1 aliphatic heterocycles. The lowest BCUT2D eigenvalue weighted by atomic mass is 10.2. The summed E-state index contributed by atoms with van der Waals surface area (Å²) in [5.74, 6) is 0.958. The molecule has 0 unspecified atom stereocenters. The predicted molar refractivity (Wildman–Crippen MR) is 97.7 cm³/mol. The number of nitrogens with zero attached hydrogens (tertiary/aromatic N) is 5. The van der Waals surface area contributed by atoms with Gasteiger partial charge in [-0.1, -0.05) is 30.3 Å². The SMILES string of the molecule is O=C1CCCN1c1cccc(CNCc2nnnn2-c2ccccc2)c1. The van der Waals surface area contributed by atoms with Crippen molar-refractivity contribution in [2.75, 3.05) is 11.4 Å². The van der Waals surface area contributed by atoms with Gasteiger partial charge in [-0.3, -0.25) is 4.79 Å². The molecule has 1 amide bonds. The number of carbonyl (C=O) groups excluding carboxylic acids is 1. The predicted octanol–water partition coefficient (Wildman–Crippen LogP) is 2.08. The number of nitrogens with one attached hydrogen (secondary N) is 1. The molecule has 132 valence electrons. The van der Waals surface area contributed by atoms with Gasteiger partial charge in [0.05, 0.1) is 12.2 Å². The van der Waals surface area contributed by atoms with Gasteiger partial charge in [0.25, 0.3) is 0 Å². The minimum absolute atomic E-state index is 0.206. The third-order valence-electron chi connectivity index (χ3n) is 4.44. The molecule has 0 spiro atoms. The van der Waals surface area contributed by atoms with Crippen molar-refractivity contribution < 1.29 is 4.79 Å². The molecular weight excluding hydrogens is 328 g/mol. The Kier molecular flexibility index (Phi) is 4.70. The zero-order chi connectivity index (χ0) is 17.8. The Labute approximate surface area is 151 Å². The minimum Gasteiger partial charge on any atom is -0.312 e. The van der Waals surface area contributed by atoms with Crippen molar-refractivity contribution in [1.29, 1.82) is 0 Å². The van der Waals surface area contributed by atoms with Gasteiger partial charge in [0, 0.05) is 25.2 Å². The van der Waals surface area contributed by atoms with E-state index in [0.717, 1.165) is 35.7 Å². The largest absolute Gasteiger partial charge is 0.312 e. The van der Waals surface area contributed by atoms with Gasteiger partial charge in [0.1, 0.15) is 0 Å². The number of hydrogen-bond acceptors (Lipinski definition) is 5. The van der Waals surface area contributed by atoms with E-state index in [1.165, 1.54) is 0 Å². The van der Waals surface area contributed by atoms with Crippen molar-refractivity contribution in [3.8, 4) is 5.69 Å². The molecule has 0 saturated carbocycles. The van der Waals surface area contributed by atoms with E-state index in [9.17, 15) is 4.79 Å². The zero-order valence-electron chi connectivity index (χ0n) is 14.4. The van der Waals surface area contributed by atoms with Crippen molar-refractivity contribution in [2.45, 2.75) is 25.9 Å². The van der Waals surface area contributed by atoms with Gasteiger partial charge in [-0.2, -0.15) is 4.68 Å². The fraction of sp³-hybridized carbons (Fsp3) is 0.263. The van der Waals surface area contributed by atoms with Crippen LogP contribution in [0.1, 0.15) is 24.2 Å². The first-order chi connectivity index (χ1) is 12.8. The van der Waals surface area contributed by atoms with Crippen LogP contribution < -0.4 is 10.2 Å². The lowest BCUT2D eigenvalue weighted by molar-refractivity contribution is -0.117. The first-order valence-electron chi connectivity index (χ1n) is 8.74. The normalized spacial score (nSPS) is 14.2. The molecule has 1 fully saturated rings. The molecule has 1 aliphatic rings.